The van der Waals surface area contributed by atoms with Crippen LogP contribution >= 0.6 is 11.8 Å². The highest BCUT2D eigenvalue weighted by atomic mass is 32.2. The molecule has 0 fully saturated rings. The van der Waals surface area contributed by atoms with Gasteiger partial charge < -0.3 is 9.64 Å². The van der Waals surface area contributed by atoms with Crippen molar-refractivity contribution in [3.63, 3.8) is 0 Å². The summed E-state index contributed by atoms with van der Waals surface area (Å²) in [6, 6.07) is 4.22. The Bertz CT molecular complexity index is 547. The van der Waals surface area contributed by atoms with Crippen LogP contribution < -0.4 is 0 Å². The molecule has 0 bridgehead atoms. The SMILES string of the molecule is COC(=O)CN(C)C(=O)c1ccc(SC)c([N+](=O)[O-])c1. The maximum Gasteiger partial charge on any atom is 0.325 e. The van der Waals surface area contributed by atoms with E-state index in [1.807, 2.05) is 0 Å². The van der Waals surface area contributed by atoms with Gasteiger partial charge >= 0.3 is 5.97 Å². The third kappa shape index (κ3) is 3.70. The number of carbonyl (C=O) groups excluding carboxylic acids is 2. The molecular weight excluding hydrogens is 284 g/mol. The summed E-state index contributed by atoms with van der Waals surface area (Å²) >= 11 is 1.23. The van der Waals surface area contributed by atoms with Gasteiger partial charge in [-0.3, -0.25) is 19.7 Å². The summed E-state index contributed by atoms with van der Waals surface area (Å²) in [5.41, 5.74) is 0.0238. The van der Waals surface area contributed by atoms with Crippen molar-refractivity contribution in [2.75, 3.05) is 27.0 Å². The first kappa shape index (κ1) is 16.0. The molecule has 0 unspecified atom stereocenters. The number of ether oxygens (including phenoxy) is 1. The van der Waals surface area contributed by atoms with Crippen LogP contribution in [-0.4, -0.2) is 48.7 Å². The van der Waals surface area contributed by atoms with Crippen molar-refractivity contribution in [2.45, 2.75) is 4.90 Å². The van der Waals surface area contributed by atoms with Crippen molar-refractivity contribution in [1.82, 2.24) is 4.90 Å². The van der Waals surface area contributed by atoms with Crippen LogP contribution in [0.15, 0.2) is 23.1 Å². The lowest BCUT2D eigenvalue weighted by atomic mass is 10.2. The van der Waals surface area contributed by atoms with E-state index in [0.717, 1.165) is 4.90 Å². The molecule has 0 saturated carbocycles. The van der Waals surface area contributed by atoms with Crippen LogP contribution in [0.4, 0.5) is 5.69 Å². The number of benzene rings is 1. The van der Waals surface area contributed by atoms with E-state index in [2.05, 4.69) is 4.74 Å². The number of carbonyl (C=O) groups is 2. The Morgan fingerprint density at radius 3 is 2.60 bits per heavy atom. The van der Waals surface area contributed by atoms with Crippen molar-refractivity contribution >= 4 is 29.3 Å². The van der Waals surface area contributed by atoms with Gasteiger partial charge in [-0.2, -0.15) is 0 Å². The van der Waals surface area contributed by atoms with Crippen LogP contribution in [-0.2, 0) is 9.53 Å². The summed E-state index contributed by atoms with van der Waals surface area (Å²) in [6.45, 7) is -0.215. The number of nitro benzene ring substituents is 1. The van der Waals surface area contributed by atoms with Gasteiger partial charge in [0.2, 0.25) is 0 Å². The fourth-order valence-corrected chi connectivity index (χ4v) is 2.06. The Morgan fingerprint density at radius 2 is 2.10 bits per heavy atom. The first-order chi connectivity index (χ1) is 9.40. The monoisotopic (exact) mass is 298 g/mol. The van der Waals surface area contributed by atoms with E-state index in [1.165, 1.54) is 44.1 Å². The van der Waals surface area contributed by atoms with Crippen LogP contribution in [0.5, 0.6) is 0 Å². The Labute approximate surface area is 120 Å². The van der Waals surface area contributed by atoms with Gasteiger partial charge in [-0.15, -0.1) is 11.8 Å². The number of amides is 1. The van der Waals surface area contributed by atoms with Gasteiger partial charge in [0.05, 0.1) is 16.9 Å². The average Bonchev–Trinajstić information content (AvgIpc) is 2.45. The molecule has 1 aromatic rings. The fraction of sp³-hybridized carbons (Fsp3) is 0.333. The molecule has 0 saturated heterocycles. The number of hydrogen-bond acceptors (Lipinski definition) is 6. The summed E-state index contributed by atoms with van der Waals surface area (Å²) in [6.07, 6.45) is 1.72. The van der Waals surface area contributed by atoms with Crippen LogP contribution in [0.1, 0.15) is 10.4 Å². The normalized spacial score (nSPS) is 9.95. The fourth-order valence-electron chi connectivity index (χ4n) is 1.52. The molecule has 0 N–H and O–H groups in total. The number of nitrogens with zero attached hydrogens (tertiary/aromatic N) is 2. The summed E-state index contributed by atoms with van der Waals surface area (Å²) in [4.78, 5) is 35.2. The van der Waals surface area contributed by atoms with Crippen molar-refractivity contribution in [2.24, 2.45) is 0 Å². The maximum atomic E-state index is 12.1. The quantitative estimate of drug-likeness (QED) is 0.355. The Balaban J connectivity index is 3.02. The Hall–Kier alpha value is -2.09. The smallest absolute Gasteiger partial charge is 0.325 e. The zero-order valence-electron chi connectivity index (χ0n) is 11.3. The minimum absolute atomic E-state index is 0.130. The molecule has 8 heteroatoms. The third-order valence-electron chi connectivity index (χ3n) is 2.56. The highest BCUT2D eigenvalue weighted by Crippen LogP contribution is 2.28. The zero-order valence-corrected chi connectivity index (χ0v) is 12.1. The Morgan fingerprint density at radius 1 is 1.45 bits per heavy atom. The number of thioether (sulfide) groups is 1. The van der Waals surface area contributed by atoms with Crippen molar-refractivity contribution in [3.05, 3.63) is 33.9 Å². The first-order valence-electron chi connectivity index (χ1n) is 5.55. The van der Waals surface area contributed by atoms with Crippen LogP contribution in [0.25, 0.3) is 0 Å². The lowest BCUT2D eigenvalue weighted by Crippen LogP contribution is -2.32. The number of methoxy groups -OCH3 is 1. The van der Waals surface area contributed by atoms with Crippen LogP contribution in [0.2, 0.25) is 0 Å². The molecule has 0 atom stereocenters. The topological polar surface area (TPSA) is 89.8 Å². The second kappa shape index (κ2) is 6.90. The second-order valence-electron chi connectivity index (χ2n) is 3.88. The van der Waals surface area contributed by atoms with E-state index < -0.39 is 16.8 Å². The van der Waals surface area contributed by atoms with Gasteiger partial charge in [-0.05, 0) is 18.4 Å². The molecular formula is C12H14N2O5S. The number of hydrogen-bond donors (Lipinski definition) is 0. The van der Waals surface area contributed by atoms with Gasteiger partial charge in [-0.25, -0.2) is 0 Å². The van der Waals surface area contributed by atoms with E-state index >= 15 is 0 Å². The van der Waals surface area contributed by atoms with Gasteiger partial charge in [-0.1, -0.05) is 0 Å². The number of nitro groups is 1. The van der Waals surface area contributed by atoms with E-state index in [4.69, 9.17) is 0 Å². The summed E-state index contributed by atoms with van der Waals surface area (Å²) < 4.78 is 4.46. The highest BCUT2D eigenvalue weighted by Gasteiger charge is 2.20. The minimum atomic E-state index is -0.559. The molecule has 0 aliphatic rings. The molecule has 0 spiro atoms. The van der Waals surface area contributed by atoms with Crippen molar-refractivity contribution < 1.29 is 19.2 Å². The second-order valence-corrected chi connectivity index (χ2v) is 4.73. The van der Waals surface area contributed by atoms with Crippen LogP contribution in [0, 0.1) is 10.1 Å². The predicted molar refractivity (Wildman–Crippen MR) is 73.9 cm³/mol. The number of esters is 1. The zero-order chi connectivity index (χ0) is 15.3. The van der Waals surface area contributed by atoms with E-state index in [1.54, 1.807) is 6.26 Å². The first-order valence-corrected chi connectivity index (χ1v) is 6.78. The minimum Gasteiger partial charge on any atom is -0.468 e. The van der Waals surface area contributed by atoms with E-state index in [9.17, 15) is 19.7 Å². The predicted octanol–water partition coefficient (Wildman–Crippen LogP) is 1.56. The van der Waals surface area contributed by atoms with Crippen molar-refractivity contribution in [1.29, 1.82) is 0 Å². The number of likely N-dealkylation sites (N-methyl/N-ethyl adjacent to an activating group) is 1. The molecule has 0 aromatic heterocycles. The van der Waals surface area contributed by atoms with E-state index in [-0.39, 0.29) is 17.8 Å². The molecule has 1 aromatic carbocycles. The summed E-state index contributed by atoms with van der Waals surface area (Å²) in [5.74, 6) is -1.04. The van der Waals surface area contributed by atoms with Crippen LogP contribution in [0.3, 0.4) is 0 Å². The largest absolute Gasteiger partial charge is 0.468 e. The average molecular weight is 298 g/mol. The third-order valence-corrected chi connectivity index (χ3v) is 3.35. The highest BCUT2D eigenvalue weighted by molar-refractivity contribution is 7.98. The van der Waals surface area contributed by atoms with Gasteiger partial charge in [0.1, 0.15) is 6.54 Å². The molecule has 108 valence electrons. The standard InChI is InChI=1S/C12H14N2O5S/c1-13(7-11(15)19-2)12(16)8-4-5-10(20-3)9(6-8)14(17)18/h4-6H,7H2,1-3H3. The molecule has 0 aliphatic heterocycles. The molecule has 1 rings (SSSR count). The summed E-state index contributed by atoms with van der Waals surface area (Å²) in [7, 11) is 2.65. The lowest BCUT2D eigenvalue weighted by molar-refractivity contribution is -0.387. The molecule has 7 nitrogen and oxygen atoms in total. The maximum absolute atomic E-state index is 12.1. The van der Waals surface area contributed by atoms with Gasteiger partial charge in [0.15, 0.2) is 0 Å². The van der Waals surface area contributed by atoms with Crippen molar-refractivity contribution in [3.8, 4) is 0 Å². The summed E-state index contributed by atoms with van der Waals surface area (Å²) in [5, 5.41) is 10.9. The Kier molecular flexibility index (Phi) is 5.51. The molecule has 20 heavy (non-hydrogen) atoms. The molecule has 0 heterocycles. The lowest BCUT2D eigenvalue weighted by Gasteiger charge is -2.15. The number of rotatable bonds is 5. The van der Waals surface area contributed by atoms with Gasteiger partial charge in [0, 0.05) is 18.7 Å². The molecule has 1 amide bonds. The van der Waals surface area contributed by atoms with E-state index in [0.29, 0.717) is 4.90 Å². The molecule has 0 radical (unpaired) electrons. The van der Waals surface area contributed by atoms with Gasteiger partial charge in [0.25, 0.3) is 11.6 Å². The molecule has 0 aliphatic carbocycles.